The zero-order valence-corrected chi connectivity index (χ0v) is 14.4. The zero-order valence-electron chi connectivity index (χ0n) is 14.4. The summed E-state index contributed by atoms with van der Waals surface area (Å²) in [5.74, 6) is 1.76. The quantitative estimate of drug-likeness (QED) is 0.795. The molecule has 7 nitrogen and oxygen atoms in total. The molecule has 7 heteroatoms. The van der Waals surface area contributed by atoms with Crippen LogP contribution in [0.4, 0.5) is 0 Å². The second kappa shape index (κ2) is 6.16. The first-order valence-electron chi connectivity index (χ1n) is 8.49. The molecule has 128 valence electrons. The van der Waals surface area contributed by atoms with Gasteiger partial charge in [-0.1, -0.05) is 31.2 Å². The maximum absolute atomic E-state index is 12.8. The number of hydrogen-bond donors (Lipinski definition) is 1. The highest BCUT2D eigenvalue weighted by molar-refractivity contribution is 5.93. The number of fused-ring (bicyclic) bond motifs is 1. The third-order valence-corrected chi connectivity index (χ3v) is 4.66. The Balaban J connectivity index is 1.55. The molecule has 3 heterocycles. The van der Waals surface area contributed by atoms with E-state index in [1.54, 1.807) is 4.90 Å². The summed E-state index contributed by atoms with van der Waals surface area (Å²) in [6, 6.07) is 9.83. The van der Waals surface area contributed by atoms with Gasteiger partial charge in [0, 0.05) is 25.1 Å². The predicted molar refractivity (Wildman–Crippen MR) is 92.9 cm³/mol. The fourth-order valence-electron chi connectivity index (χ4n) is 3.25. The van der Waals surface area contributed by atoms with E-state index < -0.39 is 0 Å². The molecule has 0 spiro atoms. The molecule has 0 atom stereocenters. The average Bonchev–Trinajstić information content (AvgIpc) is 3.28. The van der Waals surface area contributed by atoms with Crippen LogP contribution >= 0.6 is 0 Å². The van der Waals surface area contributed by atoms with Gasteiger partial charge >= 0.3 is 0 Å². The first kappa shape index (κ1) is 15.6. The van der Waals surface area contributed by atoms with Gasteiger partial charge in [-0.05, 0) is 18.6 Å². The fourth-order valence-corrected chi connectivity index (χ4v) is 3.25. The fraction of sp³-hybridized carbons (Fsp3) is 0.333. The molecule has 0 aliphatic carbocycles. The minimum Gasteiger partial charge on any atom is -0.328 e. The van der Waals surface area contributed by atoms with Crippen LogP contribution in [0.2, 0.25) is 0 Å². The summed E-state index contributed by atoms with van der Waals surface area (Å²) in [6.45, 7) is 5.96. The number of rotatable bonds is 3. The molecule has 25 heavy (non-hydrogen) atoms. The van der Waals surface area contributed by atoms with E-state index in [-0.39, 0.29) is 5.91 Å². The minimum absolute atomic E-state index is 0.0559. The van der Waals surface area contributed by atoms with E-state index in [9.17, 15) is 4.79 Å². The number of aryl methyl sites for hydroxylation is 2. The topological polar surface area (TPSA) is 79.7 Å². The van der Waals surface area contributed by atoms with E-state index >= 15 is 0 Å². The second-order valence-electron chi connectivity index (χ2n) is 6.25. The van der Waals surface area contributed by atoms with Crippen LogP contribution in [0.15, 0.2) is 30.3 Å². The van der Waals surface area contributed by atoms with Crippen molar-refractivity contribution in [2.45, 2.75) is 33.4 Å². The molecule has 4 rings (SSSR count). The Morgan fingerprint density at radius 3 is 2.88 bits per heavy atom. The van der Waals surface area contributed by atoms with E-state index in [0.717, 1.165) is 41.4 Å². The maximum Gasteiger partial charge on any atom is 0.272 e. The van der Waals surface area contributed by atoms with Crippen molar-refractivity contribution in [3.63, 3.8) is 0 Å². The molecule has 0 saturated heterocycles. The Morgan fingerprint density at radius 2 is 2.08 bits per heavy atom. The lowest BCUT2D eigenvalue weighted by atomic mass is 10.1. The Morgan fingerprint density at radius 1 is 1.24 bits per heavy atom. The molecule has 1 N–H and O–H groups in total. The lowest BCUT2D eigenvalue weighted by Crippen LogP contribution is -2.39. The lowest BCUT2D eigenvalue weighted by Gasteiger charge is -2.27. The highest BCUT2D eigenvalue weighted by atomic mass is 16.2. The number of nitrogens with zero attached hydrogens (tertiary/aromatic N) is 5. The number of benzene rings is 1. The summed E-state index contributed by atoms with van der Waals surface area (Å²) in [4.78, 5) is 14.6. The summed E-state index contributed by atoms with van der Waals surface area (Å²) >= 11 is 0. The van der Waals surface area contributed by atoms with Crippen LogP contribution in [0.25, 0.3) is 11.3 Å². The van der Waals surface area contributed by atoms with Crippen molar-refractivity contribution in [2.75, 3.05) is 6.54 Å². The number of aromatic amines is 1. The molecule has 0 unspecified atom stereocenters. The van der Waals surface area contributed by atoms with Gasteiger partial charge in [-0.15, -0.1) is 10.2 Å². The maximum atomic E-state index is 12.8. The van der Waals surface area contributed by atoms with Gasteiger partial charge in [-0.3, -0.25) is 9.89 Å². The summed E-state index contributed by atoms with van der Waals surface area (Å²) in [6.07, 6.45) is 0.848. The molecule has 0 fully saturated rings. The Bertz CT molecular complexity index is 925. The number of hydrogen-bond acceptors (Lipinski definition) is 4. The van der Waals surface area contributed by atoms with Gasteiger partial charge in [-0.2, -0.15) is 5.10 Å². The van der Waals surface area contributed by atoms with Crippen LogP contribution in [-0.2, 0) is 19.5 Å². The highest BCUT2D eigenvalue weighted by Crippen LogP contribution is 2.22. The molecule has 3 aromatic rings. The molecule has 1 aliphatic rings. The summed E-state index contributed by atoms with van der Waals surface area (Å²) in [5.41, 5.74) is 3.45. The number of aromatic nitrogens is 5. The largest absolute Gasteiger partial charge is 0.328 e. The van der Waals surface area contributed by atoms with Gasteiger partial charge in [0.1, 0.15) is 11.5 Å². The highest BCUT2D eigenvalue weighted by Gasteiger charge is 2.26. The smallest absolute Gasteiger partial charge is 0.272 e. The van der Waals surface area contributed by atoms with Crippen LogP contribution in [0.1, 0.15) is 34.6 Å². The number of carbonyl (C=O) groups excluding carboxylic acids is 1. The van der Waals surface area contributed by atoms with Crippen LogP contribution in [0, 0.1) is 6.92 Å². The molecular weight excluding hydrogens is 316 g/mol. The number of nitrogens with one attached hydrogen (secondary N) is 1. The van der Waals surface area contributed by atoms with E-state index in [4.69, 9.17) is 0 Å². The first-order chi connectivity index (χ1) is 12.2. The van der Waals surface area contributed by atoms with Gasteiger partial charge in [-0.25, -0.2) is 0 Å². The number of H-pyrrole nitrogens is 1. The Labute approximate surface area is 145 Å². The van der Waals surface area contributed by atoms with Gasteiger partial charge < -0.3 is 9.47 Å². The molecule has 0 bridgehead atoms. The molecule has 0 saturated carbocycles. The van der Waals surface area contributed by atoms with Gasteiger partial charge in [0.05, 0.1) is 12.2 Å². The lowest BCUT2D eigenvalue weighted by molar-refractivity contribution is 0.0700. The van der Waals surface area contributed by atoms with Crippen LogP contribution in [-0.4, -0.2) is 42.3 Å². The molecular formula is C18H20N6O. The second-order valence-corrected chi connectivity index (χ2v) is 6.25. The van der Waals surface area contributed by atoms with E-state index in [2.05, 4.69) is 31.9 Å². The van der Waals surface area contributed by atoms with Crippen LogP contribution in [0.5, 0.6) is 0 Å². The monoisotopic (exact) mass is 336 g/mol. The average molecular weight is 336 g/mol. The molecule has 0 radical (unpaired) electrons. The number of carbonyl (C=O) groups is 1. The first-order valence-corrected chi connectivity index (χ1v) is 8.49. The van der Waals surface area contributed by atoms with E-state index in [0.29, 0.717) is 18.8 Å². The van der Waals surface area contributed by atoms with Gasteiger partial charge in [0.25, 0.3) is 5.91 Å². The third-order valence-electron chi connectivity index (χ3n) is 4.66. The van der Waals surface area contributed by atoms with Crippen molar-refractivity contribution in [3.8, 4) is 11.3 Å². The van der Waals surface area contributed by atoms with Crippen molar-refractivity contribution >= 4 is 5.91 Å². The van der Waals surface area contributed by atoms with Crippen molar-refractivity contribution in [1.29, 1.82) is 0 Å². The van der Waals surface area contributed by atoms with Crippen molar-refractivity contribution in [2.24, 2.45) is 0 Å². The standard InChI is InChI=1S/C18H20N6O/c1-3-16-21-22-17-11-23(8-9-24(16)17)18(25)15-10-14(19-20-15)13-7-5-4-6-12(13)2/h4-7,10H,3,8-9,11H2,1-2H3,(H,19,20). The SMILES string of the molecule is CCc1nnc2n1CCN(C(=O)c1cc(-c3ccccc3C)n[nH]1)C2. The Hall–Kier alpha value is -2.96. The third kappa shape index (κ3) is 2.71. The van der Waals surface area contributed by atoms with Gasteiger partial charge in [0.15, 0.2) is 5.82 Å². The molecule has 1 aromatic carbocycles. The molecule has 2 aromatic heterocycles. The molecule has 1 aliphatic heterocycles. The van der Waals surface area contributed by atoms with Crippen molar-refractivity contribution in [1.82, 2.24) is 29.9 Å². The van der Waals surface area contributed by atoms with Crippen LogP contribution < -0.4 is 0 Å². The summed E-state index contributed by atoms with van der Waals surface area (Å²) < 4.78 is 2.11. The normalized spacial score (nSPS) is 13.8. The number of amides is 1. The summed E-state index contributed by atoms with van der Waals surface area (Å²) in [7, 11) is 0. The van der Waals surface area contributed by atoms with Crippen LogP contribution in [0.3, 0.4) is 0 Å². The zero-order chi connectivity index (χ0) is 17.4. The Kier molecular flexibility index (Phi) is 3.83. The predicted octanol–water partition coefficient (Wildman–Crippen LogP) is 2.20. The minimum atomic E-state index is -0.0559. The van der Waals surface area contributed by atoms with Gasteiger partial charge in [0.2, 0.25) is 0 Å². The van der Waals surface area contributed by atoms with Crippen molar-refractivity contribution in [3.05, 3.63) is 53.2 Å². The van der Waals surface area contributed by atoms with E-state index in [1.807, 2.05) is 37.3 Å². The molecule has 1 amide bonds. The summed E-state index contributed by atoms with van der Waals surface area (Å²) in [5, 5.41) is 15.6. The van der Waals surface area contributed by atoms with Crippen molar-refractivity contribution < 1.29 is 4.79 Å². The van der Waals surface area contributed by atoms with E-state index in [1.165, 1.54) is 0 Å².